The summed E-state index contributed by atoms with van der Waals surface area (Å²) in [6, 6.07) is 9.74. The van der Waals surface area contributed by atoms with Crippen LogP contribution in [0.1, 0.15) is 76.7 Å². The van der Waals surface area contributed by atoms with E-state index in [0.29, 0.717) is 17.9 Å². The number of hydrogen-bond donors (Lipinski definition) is 1. The number of fused-ring (bicyclic) bond motifs is 2. The molecule has 8 rings (SSSR count). The van der Waals surface area contributed by atoms with Gasteiger partial charge in [0.05, 0.1) is 30.0 Å². The molecule has 6 aliphatic rings. The van der Waals surface area contributed by atoms with E-state index in [0.717, 1.165) is 32.5 Å². The van der Waals surface area contributed by atoms with Gasteiger partial charge >= 0.3 is 0 Å². The summed E-state index contributed by atoms with van der Waals surface area (Å²) in [5, 5.41) is 6.50. The van der Waals surface area contributed by atoms with Crippen molar-refractivity contribution >= 4 is 10.8 Å². The van der Waals surface area contributed by atoms with Crippen molar-refractivity contribution in [1.82, 2.24) is 10.3 Å². The summed E-state index contributed by atoms with van der Waals surface area (Å²) in [6.45, 7) is 6.56. The molecule has 2 saturated carbocycles. The van der Waals surface area contributed by atoms with Crippen LogP contribution in [0.15, 0.2) is 60.0 Å². The molecule has 36 heavy (non-hydrogen) atoms. The molecule has 188 valence electrons. The lowest BCUT2D eigenvalue weighted by molar-refractivity contribution is -0.140. The molecule has 2 bridgehead atoms. The lowest BCUT2D eigenvalue weighted by Crippen LogP contribution is -2.63. The Balaban J connectivity index is 1.13. The van der Waals surface area contributed by atoms with Gasteiger partial charge in [-0.1, -0.05) is 31.2 Å². The SMILES string of the molecule is CC1(N[C@@H]2CCC3=CC4=CCC5(C)C(c6ccc7ccncc7c6)CC[C@H]5[C@@]45CC[C@]3(C2)O5)COC1. The predicted molar refractivity (Wildman–Crippen MR) is 142 cm³/mol. The zero-order valence-electron chi connectivity index (χ0n) is 21.7. The van der Waals surface area contributed by atoms with Gasteiger partial charge in [0.25, 0.3) is 0 Å². The van der Waals surface area contributed by atoms with E-state index in [2.05, 4.69) is 60.6 Å². The summed E-state index contributed by atoms with van der Waals surface area (Å²) in [7, 11) is 0. The summed E-state index contributed by atoms with van der Waals surface area (Å²) >= 11 is 0. The fourth-order valence-corrected chi connectivity index (χ4v) is 9.38. The van der Waals surface area contributed by atoms with Gasteiger partial charge in [-0.05, 0) is 110 Å². The molecule has 2 aromatic rings. The number of pyridine rings is 1. The third-order valence-corrected chi connectivity index (χ3v) is 11.1. The highest BCUT2D eigenvalue weighted by Gasteiger charge is 2.66. The van der Waals surface area contributed by atoms with Crippen molar-refractivity contribution < 1.29 is 9.47 Å². The average molecular weight is 483 g/mol. The molecule has 1 N–H and O–H groups in total. The van der Waals surface area contributed by atoms with E-state index in [4.69, 9.17) is 9.47 Å². The van der Waals surface area contributed by atoms with Gasteiger partial charge in [-0.2, -0.15) is 0 Å². The number of allylic oxidation sites excluding steroid dienone is 1. The Morgan fingerprint density at radius 1 is 1.03 bits per heavy atom. The summed E-state index contributed by atoms with van der Waals surface area (Å²) in [6.07, 6.45) is 18.6. The number of rotatable bonds is 3. The Kier molecular flexibility index (Phi) is 4.47. The maximum atomic E-state index is 7.49. The van der Waals surface area contributed by atoms with Crippen LogP contribution >= 0.6 is 0 Å². The Labute approximate surface area is 214 Å². The van der Waals surface area contributed by atoms with Crippen LogP contribution in [0.5, 0.6) is 0 Å². The van der Waals surface area contributed by atoms with Gasteiger partial charge in [-0.15, -0.1) is 0 Å². The molecule has 1 aromatic carbocycles. The second-order valence-corrected chi connectivity index (χ2v) is 13.3. The molecular formula is C32H38N2O2. The van der Waals surface area contributed by atoms with Gasteiger partial charge in [0.1, 0.15) is 0 Å². The van der Waals surface area contributed by atoms with Crippen LogP contribution in [0.3, 0.4) is 0 Å². The first-order valence-corrected chi connectivity index (χ1v) is 14.2. The third-order valence-electron chi connectivity index (χ3n) is 11.1. The fraction of sp³-hybridized carbons (Fsp3) is 0.594. The number of nitrogens with one attached hydrogen (secondary N) is 1. The summed E-state index contributed by atoms with van der Waals surface area (Å²) in [4.78, 5) is 4.39. The maximum Gasteiger partial charge on any atom is 0.0974 e. The first kappa shape index (κ1) is 22.0. The van der Waals surface area contributed by atoms with Gasteiger partial charge in [0, 0.05) is 23.8 Å². The summed E-state index contributed by atoms with van der Waals surface area (Å²) < 4.78 is 13.0. The lowest BCUT2D eigenvalue weighted by Gasteiger charge is -2.55. The minimum absolute atomic E-state index is 0.0564. The number of aromatic nitrogens is 1. The molecule has 1 aromatic heterocycles. The molecular weight excluding hydrogens is 444 g/mol. The van der Waals surface area contributed by atoms with Gasteiger partial charge < -0.3 is 14.8 Å². The van der Waals surface area contributed by atoms with E-state index >= 15 is 0 Å². The zero-order valence-corrected chi connectivity index (χ0v) is 21.7. The number of nitrogens with zero attached hydrogens (tertiary/aromatic N) is 1. The van der Waals surface area contributed by atoms with Gasteiger partial charge in [0.2, 0.25) is 0 Å². The molecule has 2 saturated heterocycles. The van der Waals surface area contributed by atoms with Crippen molar-refractivity contribution in [2.45, 2.75) is 93.9 Å². The summed E-state index contributed by atoms with van der Waals surface area (Å²) in [5.41, 5.74) is 4.83. The van der Waals surface area contributed by atoms with Crippen LogP contribution in [0.2, 0.25) is 0 Å². The molecule has 3 aliphatic heterocycles. The molecule has 4 heterocycles. The topological polar surface area (TPSA) is 43.4 Å². The first-order chi connectivity index (χ1) is 17.4. The highest BCUT2D eigenvalue weighted by Crippen LogP contribution is 2.69. The molecule has 4 fully saturated rings. The molecule has 0 amide bonds. The largest absolute Gasteiger partial charge is 0.377 e. The van der Waals surface area contributed by atoms with Crippen molar-refractivity contribution in [3.8, 4) is 0 Å². The van der Waals surface area contributed by atoms with Crippen molar-refractivity contribution in [2.75, 3.05) is 13.2 Å². The van der Waals surface area contributed by atoms with Gasteiger partial charge in [-0.25, -0.2) is 0 Å². The Morgan fingerprint density at radius 3 is 2.81 bits per heavy atom. The molecule has 2 spiro atoms. The molecule has 3 aliphatic carbocycles. The lowest BCUT2D eigenvalue weighted by atomic mass is 9.58. The Bertz CT molecular complexity index is 1310. The van der Waals surface area contributed by atoms with E-state index in [1.807, 2.05) is 12.4 Å². The molecule has 4 heteroatoms. The van der Waals surface area contributed by atoms with Crippen LogP contribution in [-0.4, -0.2) is 41.0 Å². The zero-order chi connectivity index (χ0) is 24.2. The van der Waals surface area contributed by atoms with E-state index in [-0.39, 0.29) is 22.2 Å². The normalized spacial score (nSPS) is 42.1. The quantitative estimate of drug-likeness (QED) is 0.564. The van der Waals surface area contributed by atoms with Crippen molar-refractivity contribution in [3.05, 3.63) is 65.5 Å². The molecule has 4 nitrogen and oxygen atoms in total. The number of ether oxygens (including phenoxy) is 2. The van der Waals surface area contributed by atoms with E-state index in [1.54, 1.807) is 5.57 Å². The van der Waals surface area contributed by atoms with Crippen molar-refractivity contribution in [3.63, 3.8) is 0 Å². The first-order valence-electron chi connectivity index (χ1n) is 14.2. The monoisotopic (exact) mass is 482 g/mol. The minimum Gasteiger partial charge on any atom is -0.377 e. The maximum absolute atomic E-state index is 7.49. The second kappa shape index (κ2) is 7.30. The smallest absolute Gasteiger partial charge is 0.0974 e. The van der Waals surface area contributed by atoms with Gasteiger partial charge in [-0.3, -0.25) is 4.98 Å². The second-order valence-electron chi connectivity index (χ2n) is 13.3. The average Bonchev–Trinajstić information content (AvgIpc) is 3.38. The van der Waals surface area contributed by atoms with Crippen molar-refractivity contribution in [1.29, 1.82) is 0 Å². The Hall–Kier alpha value is -2.01. The highest BCUT2D eigenvalue weighted by atomic mass is 16.5. The van der Waals surface area contributed by atoms with Crippen LogP contribution in [-0.2, 0) is 9.47 Å². The van der Waals surface area contributed by atoms with Crippen LogP contribution in [0.25, 0.3) is 10.8 Å². The molecule has 0 radical (unpaired) electrons. The standard InChI is InChI=1S/C32H38N2O2/c1-29(19-35-20-29)34-26-6-5-24-16-25-9-11-30(2)27(22-4-3-21-10-14-33-18-23(21)15-22)7-8-28(30)32(25)13-12-31(24,17-26)36-32/h3-4,9-10,14-16,18,26-28,34H,5-8,11-13,17,19-20H2,1-2H3/t26-,27?,28-,30?,31-,32-/m1/s1. The number of hydrogen-bond acceptors (Lipinski definition) is 4. The van der Waals surface area contributed by atoms with Crippen LogP contribution in [0, 0.1) is 11.3 Å². The highest BCUT2D eigenvalue weighted by molar-refractivity contribution is 5.82. The van der Waals surface area contributed by atoms with Crippen LogP contribution < -0.4 is 5.32 Å². The predicted octanol–water partition coefficient (Wildman–Crippen LogP) is 6.22. The van der Waals surface area contributed by atoms with Gasteiger partial charge in [0.15, 0.2) is 0 Å². The van der Waals surface area contributed by atoms with E-state index < -0.39 is 0 Å². The fourth-order valence-electron chi connectivity index (χ4n) is 9.38. The molecule has 6 atom stereocenters. The van der Waals surface area contributed by atoms with Crippen molar-refractivity contribution in [2.24, 2.45) is 11.3 Å². The molecule has 2 unspecified atom stereocenters. The minimum atomic E-state index is -0.0883. The van der Waals surface area contributed by atoms with Crippen LogP contribution in [0.4, 0.5) is 0 Å². The van der Waals surface area contributed by atoms with E-state index in [1.165, 1.54) is 54.0 Å². The Morgan fingerprint density at radius 2 is 1.94 bits per heavy atom. The van der Waals surface area contributed by atoms with E-state index in [9.17, 15) is 0 Å². The third kappa shape index (κ3) is 2.90. The summed E-state index contributed by atoms with van der Waals surface area (Å²) in [5.74, 6) is 1.16. The number of benzene rings is 1.